The fourth-order valence-electron chi connectivity index (χ4n) is 2.57. The van der Waals surface area contributed by atoms with E-state index in [4.69, 9.17) is 4.74 Å². The van der Waals surface area contributed by atoms with Gasteiger partial charge in [-0.3, -0.25) is 9.99 Å². The van der Waals surface area contributed by atoms with Crippen LogP contribution in [0.25, 0.3) is 11.2 Å². The van der Waals surface area contributed by atoms with Crippen LogP contribution in [0.4, 0.5) is 5.82 Å². The first-order valence-electron chi connectivity index (χ1n) is 7.73. The standard InChI is InChI=1S/C14H20N6O4S/c1-25-4-2-3-18-19-12-9-13(16-6-15-12)20(7-17-9)14-11(23)10(22)8(5-21)24-14/h3,6-8,10-11,14,21-23H,2,4-5H2,1H3,(H,15,16,19)/b18-3+/t8-,10?,11?,14-/m1/s1. The van der Waals surface area contributed by atoms with E-state index in [9.17, 15) is 15.3 Å². The molecule has 1 aliphatic heterocycles. The van der Waals surface area contributed by atoms with Gasteiger partial charge in [-0.1, -0.05) is 0 Å². The maximum absolute atomic E-state index is 10.2. The Hall–Kier alpha value is -1.79. The molecule has 3 rings (SSSR count). The lowest BCUT2D eigenvalue weighted by Gasteiger charge is -2.16. The zero-order chi connectivity index (χ0) is 17.8. The Labute approximate surface area is 148 Å². The minimum atomic E-state index is -1.20. The van der Waals surface area contributed by atoms with Crippen LogP contribution in [0.3, 0.4) is 0 Å². The SMILES string of the molecule is CSCC/C=N/Nc1ncnc2c1ncn2[C@@H]1O[C@H](CO)C(O)C1O. The fourth-order valence-corrected chi connectivity index (χ4v) is 2.91. The molecule has 0 saturated carbocycles. The van der Waals surface area contributed by atoms with E-state index in [1.165, 1.54) is 17.2 Å². The Morgan fingerprint density at radius 2 is 2.20 bits per heavy atom. The van der Waals surface area contributed by atoms with Gasteiger partial charge in [0.05, 0.1) is 12.9 Å². The van der Waals surface area contributed by atoms with Crippen molar-refractivity contribution in [1.82, 2.24) is 19.5 Å². The molecule has 10 nitrogen and oxygen atoms in total. The van der Waals surface area contributed by atoms with E-state index < -0.39 is 31.1 Å². The van der Waals surface area contributed by atoms with Gasteiger partial charge in [-0.15, -0.1) is 0 Å². The van der Waals surface area contributed by atoms with Crippen LogP contribution in [-0.4, -0.2) is 78.0 Å². The Morgan fingerprint density at radius 1 is 1.36 bits per heavy atom. The lowest BCUT2D eigenvalue weighted by Crippen LogP contribution is -2.33. The fraction of sp³-hybridized carbons (Fsp3) is 0.571. The van der Waals surface area contributed by atoms with Crippen LogP contribution >= 0.6 is 11.8 Å². The van der Waals surface area contributed by atoms with Crippen molar-refractivity contribution in [2.75, 3.05) is 24.0 Å². The van der Waals surface area contributed by atoms with Crippen molar-refractivity contribution in [2.24, 2.45) is 5.10 Å². The molecule has 136 valence electrons. The molecule has 2 aromatic heterocycles. The van der Waals surface area contributed by atoms with Crippen LogP contribution in [0.15, 0.2) is 17.8 Å². The molecule has 25 heavy (non-hydrogen) atoms. The van der Waals surface area contributed by atoms with Gasteiger partial charge in [0.15, 0.2) is 23.2 Å². The zero-order valence-corrected chi connectivity index (χ0v) is 14.4. The van der Waals surface area contributed by atoms with Crippen molar-refractivity contribution in [1.29, 1.82) is 0 Å². The minimum Gasteiger partial charge on any atom is -0.394 e. The number of rotatable bonds is 7. The van der Waals surface area contributed by atoms with Gasteiger partial charge in [-0.05, 0) is 18.4 Å². The summed E-state index contributed by atoms with van der Waals surface area (Å²) in [5.74, 6) is 1.40. The van der Waals surface area contributed by atoms with Crippen molar-refractivity contribution in [3.05, 3.63) is 12.7 Å². The Bertz CT molecular complexity index is 741. The van der Waals surface area contributed by atoms with Crippen molar-refractivity contribution in [3.63, 3.8) is 0 Å². The van der Waals surface area contributed by atoms with Gasteiger partial charge in [0, 0.05) is 6.21 Å². The van der Waals surface area contributed by atoms with E-state index in [0.29, 0.717) is 17.0 Å². The second-order valence-corrected chi connectivity index (χ2v) is 6.47. The van der Waals surface area contributed by atoms with Crippen molar-refractivity contribution in [2.45, 2.75) is 31.0 Å². The summed E-state index contributed by atoms with van der Waals surface area (Å²) < 4.78 is 7.02. The number of hydrazone groups is 1. The Kier molecular flexibility index (Phi) is 5.81. The number of hydrogen-bond acceptors (Lipinski definition) is 10. The maximum atomic E-state index is 10.2. The van der Waals surface area contributed by atoms with Gasteiger partial charge >= 0.3 is 0 Å². The molecule has 11 heteroatoms. The maximum Gasteiger partial charge on any atom is 0.177 e. The third kappa shape index (κ3) is 3.60. The van der Waals surface area contributed by atoms with Crippen LogP contribution in [0, 0.1) is 0 Å². The van der Waals surface area contributed by atoms with Crippen LogP contribution in [0.5, 0.6) is 0 Å². The highest BCUT2D eigenvalue weighted by molar-refractivity contribution is 7.98. The molecule has 3 heterocycles. The molecule has 1 fully saturated rings. The van der Waals surface area contributed by atoms with Gasteiger partial charge in [0.1, 0.15) is 24.6 Å². The largest absolute Gasteiger partial charge is 0.394 e. The Morgan fingerprint density at radius 3 is 2.92 bits per heavy atom. The third-order valence-electron chi connectivity index (χ3n) is 3.86. The van der Waals surface area contributed by atoms with Gasteiger partial charge < -0.3 is 20.1 Å². The lowest BCUT2D eigenvalue weighted by atomic mass is 10.1. The second-order valence-electron chi connectivity index (χ2n) is 5.48. The quantitative estimate of drug-likeness (QED) is 0.292. The first-order chi connectivity index (χ1) is 12.2. The third-order valence-corrected chi connectivity index (χ3v) is 4.51. The topological polar surface area (TPSA) is 138 Å². The van der Waals surface area contributed by atoms with E-state index in [2.05, 4.69) is 25.5 Å². The number of aliphatic hydroxyl groups is 3. The number of nitrogens with one attached hydrogen (secondary N) is 1. The van der Waals surface area contributed by atoms with Crippen LogP contribution in [0.2, 0.25) is 0 Å². The highest BCUT2D eigenvalue weighted by Crippen LogP contribution is 2.31. The molecule has 2 aromatic rings. The molecule has 2 unspecified atom stereocenters. The summed E-state index contributed by atoms with van der Waals surface area (Å²) in [5, 5.41) is 33.4. The molecule has 4 N–H and O–H groups in total. The minimum absolute atomic E-state index is 0.395. The number of hydrogen-bond donors (Lipinski definition) is 4. The lowest BCUT2D eigenvalue weighted by molar-refractivity contribution is -0.0511. The predicted octanol–water partition coefficient (Wildman–Crippen LogP) is -0.411. The van der Waals surface area contributed by atoms with E-state index >= 15 is 0 Å². The van der Waals surface area contributed by atoms with Gasteiger partial charge in [0.2, 0.25) is 0 Å². The summed E-state index contributed by atoms with van der Waals surface area (Å²) in [5.41, 5.74) is 3.71. The smallest absolute Gasteiger partial charge is 0.177 e. The van der Waals surface area contributed by atoms with Crippen molar-refractivity contribution >= 4 is 35.0 Å². The summed E-state index contributed by atoms with van der Waals surface area (Å²) in [6.45, 7) is -0.395. The number of anilines is 1. The molecule has 0 radical (unpaired) electrons. The predicted molar refractivity (Wildman–Crippen MR) is 93.4 cm³/mol. The summed E-state index contributed by atoms with van der Waals surface area (Å²) in [6, 6.07) is 0. The average Bonchev–Trinajstić information content (AvgIpc) is 3.17. The van der Waals surface area contributed by atoms with E-state index in [0.717, 1.165) is 12.2 Å². The first-order valence-corrected chi connectivity index (χ1v) is 9.13. The van der Waals surface area contributed by atoms with E-state index in [1.807, 2.05) is 6.26 Å². The number of nitrogens with zero attached hydrogens (tertiary/aromatic N) is 5. The van der Waals surface area contributed by atoms with Crippen LogP contribution < -0.4 is 5.43 Å². The molecule has 1 aliphatic rings. The summed E-state index contributed by atoms with van der Waals surface area (Å²) in [6.07, 6.45) is 3.26. The molecular weight excluding hydrogens is 348 g/mol. The van der Waals surface area contributed by atoms with Gasteiger partial charge in [0.25, 0.3) is 0 Å². The number of thioether (sulfide) groups is 1. The number of ether oxygens (including phenoxy) is 1. The highest BCUT2D eigenvalue weighted by Gasteiger charge is 2.44. The van der Waals surface area contributed by atoms with Crippen LogP contribution in [0.1, 0.15) is 12.6 Å². The normalized spacial score (nSPS) is 26.7. The number of aromatic nitrogens is 4. The zero-order valence-electron chi connectivity index (χ0n) is 13.6. The molecule has 0 spiro atoms. The molecule has 0 aliphatic carbocycles. The van der Waals surface area contributed by atoms with E-state index in [1.54, 1.807) is 18.0 Å². The number of imidazole rings is 1. The summed E-state index contributed by atoms with van der Waals surface area (Å²) >= 11 is 1.73. The summed E-state index contributed by atoms with van der Waals surface area (Å²) in [7, 11) is 0. The molecule has 1 saturated heterocycles. The van der Waals surface area contributed by atoms with Crippen molar-refractivity contribution < 1.29 is 20.1 Å². The number of fused-ring (bicyclic) bond motifs is 1. The average molecular weight is 368 g/mol. The molecule has 4 atom stereocenters. The van der Waals surface area contributed by atoms with Crippen LogP contribution in [-0.2, 0) is 4.74 Å². The van der Waals surface area contributed by atoms with Gasteiger partial charge in [-0.25, -0.2) is 15.0 Å². The molecule has 0 aromatic carbocycles. The first kappa shape index (κ1) is 18.0. The van der Waals surface area contributed by atoms with Crippen molar-refractivity contribution in [3.8, 4) is 0 Å². The molecule has 0 bridgehead atoms. The monoisotopic (exact) mass is 368 g/mol. The molecular formula is C14H20N6O4S. The highest BCUT2D eigenvalue weighted by atomic mass is 32.2. The second kappa shape index (κ2) is 8.06. The van der Waals surface area contributed by atoms with E-state index in [-0.39, 0.29) is 0 Å². The Balaban J connectivity index is 1.83. The molecule has 0 amide bonds. The summed E-state index contributed by atoms with van der Waals surface area (Å²) in [4.78, 5) is 12.5. The van der Waals surface area contributed by atoms with Gasteiger partial charge in [-0.2, -0.15) is 16.9 Å². The number of aliphatic hydroxyl groups excluding tert-OH is 3.